The van der Waals surface area contributed by atoms with E-state index >= 15 is 0 Å². The van der Waals surface area contributed by atoms with Crippen molar-refractivity contribution in [2.45, 2.75) is 6.92 Å². The van der Waals surface area contributed by atoms with Crippen LogP contribution >= 0.6 is 0 Å². The number of carbonyl (C=O) groups excluding carboxylic acids is 1. The number of anilines is 1. The zero-order chi connectivity index (χ0) is 14.4. The molecule has 0 heterocycles. The average molecular weight is 265 g/mol. The Kier molecular flexibility index (Phi) is 4.54. The number of aliphatic hydroxyl groups is 1. The molecule has 2 aromatic rings. The first kappa shape index (κ1) is 13.9. The van der Waals surface area contributed by atoms with E-state index in [9.17, 15) is 4.79 Å². The van der Waals surface area contributed by atoms with Crippen LogP contribution < -0.4 is 5.32 Å². The van der Waals surface area contributed by atoms with Crippen molar-refractivity contribution in [3.8, 4) is 11.8 Å². The lowest BCUT2D eigenvalue weighted by atomic mass is 10.1. The van der Waals surface area contributed by atoms with E-state index in [0.717, 1.165) is 11.1 Å². The highest BCUT2D eigenvalue weighted by atomic mass is 16.2. The minimum atomic E-state index is -0.181. The van der Waals surface area contributed by atoms with Crippen molar-refractivity contribution < 1.29 is 9.90 Å². The van der Waals surface area contributed by atoms with Crippen LogP contribution in [0.5, 0.6) is 0 Å². The number of rotatable bonds is 2. The number of carbonyl (C=O) groups is 1. The smallest absolute Gasteiger partial charge is 0.255 e. The molecule has 20 heavy (non-hydrogen) atoms. The molecule has 100 valence electrons. The van der Waals surface area contributed by atoms with Gasteiger partial charge in [-0.05, 0) is 42.8 Å². The first-order valence-electron chi connectivity index (χ1n) is 6.27. The molecule has 0 aliphatic carbocycles. The Morgan fingerprint density at radius 3 is 2.65 bits per heavy atom. The van der Waals surface area contributed by atoms with E-state index in [1.165, 1.54) is 0 Å². The zero-order valence-electron chi connectivity index (χ0n) is 11.2. The van der Waals surface area contributed by atoms with Gasteiger partial charge in [0.25, 0.3) is 5.91 Å². The monoisotopic (exact) mass is 265 g/mol. The van der Waals surface area contributed by atoms with Gasteiger partial charge in [0, 0.05) is 16.8 Å². The van der Waals surface area contributed by atoms with Gasteiger partial charge < -0.3 is 10.4 Å². The number of hydrogen-bond donors (Lipinski definition) is 2. The molecule has 0 aliphatic rings. The van der Waals surface area contributed by atoms with Gasteiger partial charge in [0.1, 0.15) is 6.61 Å². The summed E-state index contributed by atoms with van der Waals surface area (Å²) in [6, 6.07) is 14.6. The summed E-state index contributed by atoms with van der Waals surface area (Å²) < 4.78 is 0. The minimum absolute atomic E-state index is 0.155. The fourth-order valence-electron chi connectivity index (χ4n) is 1.86. The fourth-order valence-corrected chi connectivity index (χ4v) is 1.86. The molecule has 0 aromatic heterocycles. The van der Waals surface area contributed by atoms with Gasteiger partial charge in [-0.3, -0.25) is 4.79 Å². The fraction of sp³-hybridized carbons (Fsp3) is 0.118. The van der Waals surface area contributed by atoms with Gasteiger partial charge in [-0.2, -0.15) is 0 Å². The van der Waals surface area contributed by atoms with E-state index in [1.54, 1.807) is 18.2 Å². The second kappa shape index (κ2) is 6.55. The van der Waals surface area contributed by atoms with Crippen LogP contribution in [0.25, 0.3) is 0 Å². The molecule has 0 aliphatic heterocycles. The van der Waals surface area contributed by atoms with Crippen LogP contribution in [0.1, 0.15) is 21.5 Å². The molecule has 0 unspecified atom stereocenters. The van der Waals surface area contributed by atoms with E-state index in [4.69, 9.17) is 5.11 Å². The topological polar surface area (TPSA) is 49.3 Å². The van der Waals surface area contributed by atoms with Crippen LogP contribution in [0.15, 0.2) is 48.5 Å². The van der Waals surface area contributed by atoms with Crippen LogP contribution in [0.4, 0.5) is 5.69 Å². The highest BCUT2D eigenvalue weighted by Crippen LogP contribution is 2.15. The van der Waals surface area contributed by atoms with Crippen molar-refractivity contribution >= 4 is 11.6 Å². The molecule has 3 heteroatoms. The molecule has 0 radical (unpaired) electrons. The van der Waals surface area contributed by atoms with Gasteiger partial charge in [-0.15, -0.1) is 0 Å². The number of nitrogens with one attached hydrogen (secondary N) is 1. The average Bonchev–Trinajstić information content (AvgIpc) is 2.45. The molecular formula is C17H15NO2. The van der Waals surface area contributed by atoms with Crippen molar-refractivity contribution in [3.63, 3.8) is 0 Å². The first-order valence-corrected chi connectivity index (χ1v) is 6.27. The van der Waals surface area contributed by atoms with Gasteiger partial charge in [0.15, 0.2) is 0 Å². The van der Waals surface area contributed by atoms with Crippen molar-refractivity contribution in [1.29, 1.82) is 0 Å². The van der Waals surface area contributed by atoms with Gasteiger partial charge >= 0.3 is 0 Å². The maximum Gasteiger partial charge on any atom is 0.255 e. The highest BCUT2D eigenvalue weighted by Gasteiger charge is 2.05. The summed E-state index contributed by atoms with van der Waals surface area (Å²) in [4.78, 5) is 12.1. The molecule has 0 spiro atoms. The van der Waals surface area contributed by atoms with Crippen molar-refractivity contribution in [2.24, 2.45) is 0 Å². The number of amides is 1. The molecular weight excluding hydrogens is 250 g/mol. The summed E-state index contributed by atoms with van der Waals surface area (Å²) in [5, 5.41) is 11.6. The second-order valence-electron chi connectivity index (χ2n) is 4.37. The first-order chi connectivity index (χ1) is 9.69. The largest absolute Gasteiger partial charge is 0.384 e. The second-order valence-corrected chi connectivity index (χ2v) is 4.37. The molecule has 2 aromatic carbocycles. The van der Waals surface area contributed by atoms with Gasteiger partial charge in [0.2, 0.25) is 0 Å². The molecule has 0 saturated heterocycles. The predicted molar refractivity (Wildman–Crippen MR) is 79.5 cm³/mol. The van der Waals surface area contributed by atoms with Crippen LogP contribution in [-0.4, -0.2) is 17.6 Å². The zero-order valence-corrected chi connectivity index (χ0v) is 11.2. The summed E-state index contributed by atoms with van der Waals surface area (Å²) in [5.74, 6) is 5.28. The molecule has 1 amide bonds. The number of aliphatic hydroxyl groups excluding tert-OH is 1. The summed E-state index contributed by atoms with van der Waals surface area (Å²) in [5.41, 5.74) is 3.07. The van der Waals surface area contributed by atoms with Crippen LogP contribution in [0, 0.1) is 18.8 Å². The van der Waals surface area contributed by atoms with Crippen molar-refractivity contribution in [1.82, 2.24) is 0 Å². The lowest BCUT2D eigenvalue weighted by molar-refractivity contribution is 0.102. The van der Waals surface area contributed by atoms with Gasteiger partial charge in [-0.25, -0.2) is 0 Å². The summed E-state index contributed by atoms with van der Waals surface area (Å²) in [7, 11) is 0. The SMILES string of the molecule is Cc1cc(C#CCO)cc(NC(=O)c2ccccc2)c1. The summed E-state index contributed by atoms with van der Waals surface area (Å²) in [6.45, 7) is 1.75. The van der Waals surface area contributed by atoms with Crippen LogP contribution in [-0.2, 0) is 0 Å². The van der Waals surface area contributed by atoms with Crippen LogP contribution in [0.3, 0.4) is 0 Å². The van der Waals surface area contributed by atoms with Crippen molar-refractivity contribution in [3.05, 3.63) is 65.2 Å². The molecule has 0 bridgehead atoms. The molecule has 3 nitrogen and oxygen atoms in total. The van der Waals surface area contributed by atoms with Gasteiger partial charge in [0.05, 0.1) is 0 Å². The molecule has 2 N–H and O–H groups in total. The quantitative estimate of drug-likeness (QED) is 0.820. The molecule has 0 saturated carbocycles. The lowest BCUT2D eigenvalue weighted by Gasteiger charge is -2.07. The summed E-state index contributed by atoms with van der Waals surface area (Å²) >= 11 is 0. The maximum atomic E-state index is 12.1. The van der Waals surface area contributed by atoms with Gasteiger partial charge in [-0.1, -0.05) is 30.0 Å². The Labute approximate surface area is 118 Å². The Balaban J connectivity index is 2.21. The molecule has 2 rings (SSSR count). The Hall–Kier alpha value is -2.57. The highest BCUT2D eigenvalue weighted by molar-refractivity contribution is 6.04. The maximum absolute atomic E-state index is 12.1. The van der Waals surface area contributed by atoms with E-state index in [2.05, 4.69) is 17.2 Å². The Morgan fingerprint density at radius 2 is 1.95 bits per heavy atom. The normalized spacial score (nSPS) is 9.50. The van der Waals surface area contributed by atoms with E-state index in [-0.39, 0.29) is 12.5 Å². The van der Waals surface area contributed by atoms with Crippen LogP contribution in [0.2, 0.25) is 0 Å². The predicted octanol–water partition coefficient (Wildman–Crippen LogP) is 2.59. The minimum Gasteiger partial charge on any atom is -0.384 e. The molecule has 0 fully saturated rings. The molecule has 0 atom stereocenters. The summed E-state index contributed by atoms with van der Waals surface area (Å²) in [6.07, 6.45) is 0. The lowest BCUT2D eigenvalue weighted by Crippen LogP contribution is -2.11. The van der Waals surface area contributed by atoms with E-state index < -0.39 is 0 Å². The number of benzene rings is 2. The van der Waals surface area contributed by atoms with Crippen molar-refractivity contribution in [2.75, 3.05) is 11.9 Å². The standard InChI is InChI=1S/C17H15NO2/c1-13-10-14(6-5-9-19)12-16(11-13)18-17(20)15-7-3-2-4-8-15/h2-4,7-8,10-12,19H,9H2,1H3,(H,18,20). The third-order valence-corrected chi connectivity index (χ3v) is 2.68. The number of aryl methyl sites for hydroxylation is 1. The third-order valence-electron chi connectivity index (χ3n) is 2.68. The Bertz CT molecular complexity index is 666. The Morgan fingerprint density at radius 1 is 1.20 bits per heavy atom. The number of hydrogen-bond acceptors (Lipinski definition) is 2. The van der Waals surface area contributed by atoms with E-state index in [0.29, 0.717) is 11.3 Å². The third kappa shape index (κ3) is 3.71. The van der Waals surface area contributed by atoms with E-state index in [1.807, 2.05) is 37.3 Å².